The van der Waals surface area contributed by atoms with E-state index in [1.165, 1.54) is 12.0 Å². The summed E-state index contributed by atoms with van der Waals surface area (Å²) in [7, 11) is 0. The predicted octanol–water partition coefficient (Wildman–Crippen LogP) is 6.74. The number of carbonyl (C=O) groups excluding carboxylic acids is 1. The number of esters is 1. The largest absolute Gasteiger partial charge is 0.462 e. The van der Waals surface area contributed by atoms with Crippen molar-refractivity contribution in [3.05, 3.63) is 58.6 Å². The van der Waals surface area contributed by atoms with Crippen LogP contribution in [0.5, 0.6) is 0 Å². The topological polar surface area (TPSA) is 39.2 Å². The van der Waals surface area contributed by atoms with Gasteiger partial charge in [0.05, 0.1) is 16.4 Å². The van der Waals surface area contributed by atoms with Crippen molar-refractivity contribution in [2.75, 3.05) is 18.1 Å². The minimum atomic E-state index is -0.286. The fraction of sp³-hybridized carbons (Fsp3) is 0.478. The normalized spacial score (nSPS) is 12.7. The zero-order valence-electron chi connectivity index (χ0n) is 17.6. The Kier molecular flexibility index (Phi) is 12.8. The van der Waals surface area contributed by atoms with Crippen LogP contribution in [0.3, 0.4) is 0 Å². The zero-order valence-corrected chi connectivity index (χ0v) is 19.2. The van der Waals surface area contributed by atoms with Gasteiger partial charge >= 0.3 is 5.97 Å². The van der Waals surface area contributed by atoms with Gasteiger partial charge in [-0.1, -0.05) is 30.7 Å². The van der Waals surface area contributed by atoms with Gasteiger partial charge in [0.15, 0.2) is 0 Å². The number of aromatic nitrogens is 1. The van der Waals surface area contributed by atoms with Crippen LogP contribution >= 0.6 is 23.5 Å². The van der Waals surface area contributed by atoms with E-state index in [0.717, 1.165) is 34.1 Å². The van der Waals surface area contributed by atoms with Crippen LogP contribution in [0.25, 0.3) is 5.57 Å². The van der Waals surface area contributed by atoms with Crippen molar-refractivity contribution in [1.82, 2.24) is 4.98 Å². The van der Waals surface area contributed by atoms with Crippen LogP contribution in [0.15, 0.2) is 53.1 Å². The third-order valence-corrected chi connectivity index (χ3v) is 6.50. The van der Waals surface area contributed by atoms with Crippen LogP contribution < -0.4 is 0 Å². The summed E-state index contributed by atoms with van der Waals surface area (Å²) < 4.78 is 6.33. The molecular weight excluding hydrogens is 386 g/mol. The molecule has 0 saturated heterocycles. The van der Waals surface area contributed by atoms with E-state index < -0.39 is 0 Å². The van der Waals surface area contributed by atoms with E-state index in [2.05, 4.69) is 38.4 Å². The van der Waals surface area contributed by atoms with Crippen molar-refractivity contribution in [2.24, 2.45) is 5.92 Å². The second kappa shape index (κ2) is 14.5. The van der Waals surface area contributed by atoms with Crippen LogP contribution in [-0.4, -0.2) is 29.1 Å². The van der Waals surface area contributed by atoms with Gasteiger partial charge in [-0.25, -0.2) is 4.79 Å². The summed E-state index contributed by atoms with van der Waals surface area (Å²) in [4.78, 5) is 16.9. The molecule has 0 N–H and O–H groups in total. The lowest BCUT2D eigenvalue weighted by molar-refractivity contribution is -0.136. The summed E-state index contributed by atoms with van der Waals surface area (Å²) in [5.74, 6) is 2.09. The Morgan fingerprint density at radius 1 is 1.32 bits per heavy atom. The first-order chi connectivity index (χ1) is 13.5. The number of allylic oxidation sites excluding steroid dienone is 2. The third-order valence-electron chi connectivity index (χ3n) is 4.02. The number of carbonyl (C=O) groups is 1. The van der Waals surface area contributed by atoms with Gasteiger partial charge < -0.3 is 4.74 Å². The molecule has 1 aromatic heterocycles. The molecule has 0 bridgehead atoms. The van der Waals surface area contributed by atoms with Crippen LogP contribution in [-0.2, 0) is 9.53 Å². The van der Waals surface area contributed by atoms with Crippen LogP contribution in [0.2, 0.25) is 0 Å². The van der Waals surface area contributed by atoms with E-state index in [0.29, 0.717) is 18.1 Å². The fourth-order valence-electron chi connectivity index (χ4n) is 2.51. The Hall–Kier alpha value is -1.46. The van der Waals surface area contributed by atoms with Gasteiger partial charge in [-0.2, -0.15) is 0 Å². The quantitative estimate of drug-likeness (QED) is 0.201. The molecule has 1 atom stereocenters. The molecule has 0 amide bonds. The van der Waals surface area contributed by atoms with Crippen molar-refractivity contribution < 1.29 is 9.53 Å². The molecule has 0 aliphatic heterocycles. The lowest BCUT2D eigenvalue weighted by Crippen LogP contribution is -2.09. The smallest absolute Gasteiger partial charge is 0.340 e. The molecule has 0 fully saturated rings. The maximum Gasteiger partial charge on any atom is 0.340 e. The number of rotatable bonds is 13. The summed E-state index contributed by atoms with van der Waals surface area (Å²) in [5, 5.41) is 0. The average molecular weight is 420 g/mol. The highest BCUT2D eigenvalue weighted by atomic mass is 32.2. The lowest BCUT2D eigenvalue weighted by atomic mass is 10.0. The Labute approximate surface area is 179 Å². The van der Waals surface area contributed by atoms with E-state index in [4.69, 9.17) is 4.74 Å². The highest BCUT2D eigenvalue weighted by Gasteiger charge is 2.20. The average Bonchev–Trinajstić information content (AvgIpc) is 2.66. The molecule has 0 saturated carbocycles. The second-order valence-corrected chi connectivity index (χ2v) is 9.22. The first-order valence-corrected chi connectivity index (χ1v) is 11.8. The summed E-state index contributed by atoms with van der Waals surface area (Å²) in [6.45, 7) is 12.6. The standard InChI is InChI=1S/C23H33NO2S2/c1-6-15-27-23(28-16-13-19(5)11-8-10-18(3)4)21(22(25)26-7-2)20-12-9-14-24-17-20/h6,9-10,12,14,17,19H,1,7-8,11,13,15-16H2,2-5H3/b23-21-. The first kappa shape index (κ1) is 24.6. The van der Waals surface area contributed by atoms with E-state index in [1.807, 2.05) is 25.1 Å². The number of hydrogen-bond donors (Lipinski definition) is 0. The van der Waals surface area contributed by atoms with Crippen molar-refractivity contribution >= 4 is 35.1 Å². The van der Waals surface area contributed by atoms with Gasteiger partial charge in [0.25, 0.3) is 0 Å². The number of thioether (sulfide) groups is 2. The van der Waals surface area contributed by atoms with Crippen LogP contribution in [0.4, 0.5) is 0 Å². The maximum atomic E-state index is 12.7. The Morgan fingerprint density at radius 2 is 2.11 bits per heavy atom. The Balaban J connectivity index is 2.92. The molecule has 3 nitrogen and oxygen atoms in total. The molecule has 0 spiro atoms. The molecule has 154 valence electrons. The van der Waals surface area contributed by atoms with Gasteiger partial charge in [0, 0.05) is 23.7 Å². The van der Waals surface area contributed by atoms with E-state index in [1.54, 1.807) is 35.9 Å². The molecule has 1 aromatic rings. The van der Waals surface area contributed by atoms with Crippen molar-refractivity contribution in [2.45, 2.75) is 47.0 Å². The van der Waals surface area contributed by atoms with Crippen molar-refractivity contribution in [3.63, 3.8) is 0 Å². The van der Waals surface area contributed by atoms with Gasteiger partial charge in [-0.15, -0.1) is 30.1 Å². The van der Waals surface area contributed by atoms with E-state index >= 15 is 0 Å². The molecule has 0 aliphatic rings. The Bertz CT molecular complexity index is 664. The third kappa shape index (κ3) is 9.65. The minimum absolute atomic E-state index is 0.286. The molecule has 28 heavy (non-hydrogen) atoms. The summed E-state index contributed by atoms with van der Waals surface area (Å²) in [6, 6.07) is 3.76. The molecule has 1 rings (SSSR count). The van der Waals surface area contributed by atoms with Gasteiger partial charge in [-0.3, -0.25) is 4.98 Å². The number of hydrogen-bond acceptors (Lipinski definition) is 5. The lowest BCUT2D eigenvalue weighted by Gasteiger charge is -2.15. The molecule has 0 radical (unpaired) electrons. The van der Waals surface area contributed by atoms with E-state index in [-0.39, 0.29) is 5.97 Å². The molecule has 0 aliphatic carbocycles. The van der Waals surface area contributed by atoms with Gasteiger partial charge in [-0.05, 0) is 57.8 Å². The molecule has 1 heterocycles. The monoisotopic (exact) mass is 419 g/mol. The number of pyridine rings is 1. The van der Waals surface area contributed by atoms with Crippen molar-refractivity contribution in [3.8, 4) is 0 Å². The first-order valence-electron chi connectivity index (χ1n) is 9.81. The van der Waals surface area contributed by atoms with Crippen LogP contribution in [0, 0.1) is 5.92 Å². The SMILES string of the molecule is C=CCS/C(SCCC(C)CCC=C(C)C)=C(/C(=O)OCC)c1cccnc1. The van der Waals surface area contributed by atoms with Crippen molar-refractivity contribution in [1.29, 1.82) is 0 Å². The van der Waals surface area contributed by atoms with E-state index in [9.17, 15) is 4.79 Å². The fourth-order valence-corrected chi connectivity index (χ4v) is 4.96. The molecule has 5 heteroatoms. The maximum absolute atomic E-state index is 12.7. The summed E-state index contributed by atoms with van der Waals surface area (Å²) in [5.41, 5.74) is 2.80. The zero-order chi connectivity index (χ0) is 20.8. The minimum Gasteiger partial charge on any atom is -0.462 e. The highest BCUT2D eigenvalue weighted by molar-refractivity contribution is 8.22. The highest BCUT2D eigenvalue weighted by Crippen LogP contribution is 2.37. The second-order valence-electron chi connectivity index (χ2n) is 6.83. The molecule has 0 aromatic carbocycles. The predicted molar refractivity (Wildman–Crippen MR) is 125 cm³/mol. The van der Waals surface area contributed by atoms with Gasteiger partial charge in [0.1, 0.15) is 0 Å². The Morgan fingerprint density at radius 3 is 2.71 bits per heavy atom. The molecular formula is C23H33NO2S2. The number of nitrogens with zero attached hydrogens (tertiary/aromatic N) is 1. The van der Waals surface area contributed by atoms with Crippen LogP contribution in [0.1, 0.15) is 52.5 Å². The van der Waals surface area contributed by atoms with Gasteiger partial charge in [0.2, 0.25) is 0 Å². The molecule has 1 unspecified atom stereocenters. The summed E-state index contributed by atoms with van der Waals surface area (Å²) in [6.07, 6.45) is 11.0. The summed E-state index contributed by atoms with van der Waals surface area (Å²) >= 11 is 3.38. The number of ether oxygens (including phenoxy) is 1.